The number of aromatic nitrogens is 2. The normalized spacial score (nSPS) is 10.6. The van der Waals surface area contributed by atoms with E-state index in [0.717, 1.165) is 5.56 Å². The van der Waals surface area contributed by atoms with Gasteiger partial charge in [-0.15, -0.1) is 0 Å². The first-order chi connectivity index (χ1) is 11.5. The number of benzene rings is 1. The number of nitrogens with zero attached hydrogens (tertiary/aromatic N) is 3. The van der Waals surface area contributed by atoms with Crippen molar-refractivity contribution >= 4 is 28.5 Å². The molecule has 0 atom stereocenters. The van der Waals surface area contributed by atoms with Crippen molar-refractivity contribution in [2.75, 3.05) is 0 Å². The molecule has 2 aromatic heterocycles. The summed E-state index contributed by atoms with van der Waals surface area (Å²) in [4.78, 5) is 15.3. The molecule has 1 aromatic carbocycles. The van der Waals surface area contributed by atoms with E-state index in [0.29, 0.717) is 22.5 Å². The number of pyridine rings is 1. The van der Waals surface area contributed by atoms with Crippen LogP contribution in [-0.2, 0) is 11.3 Å². The molecule has 0 spiro atoms. The van der Waals surface area contributed by atoms with Crippen LogP contribution in [0.3, 0.4) is 0 Å². The molecule has 2 heterocycles. The second-order valence-corrected chi connectivity index (χ2v) is 5.54. The van der Waals surface area contributed by atoms with E-state index in [-0.39, 0.29) is 17.3 Å². The van der Waals surface area contributed by atoms with Gasteiger partial charge in [0.2, 0.25) is 0 Å². The fourth-order valence-electron chi connectivity index (χ4n) is 2.49. The third-order valence-corrected chi connectivity index (χ3v) is 3.73. The summed E-state index contributed by atoms with van der Waals surface area (Å²) < 4.78 is 19.9. The van der Waals surface area contributed by atoms with E-state index in [9.17, 15) is 14.4 Å². The molecule has 24 heavy (non-hydrogen) atoms. The minimum absolute atomic E-state index is 0.162. The van der Waals surface area contributed by atoms with Crippen LogP contribution in [0, 0.1) is 17.1 Å². The molecule has 0 aliphatic rings. The lowest BCUT2D eigenvalue weighted by atomic mass is 10.2. The van der Waals surface area contributed by atoms with Crippen molar-refractivity contribution in [2.24, 2.45) is 0 Å². The van der Waals surface area contributed by atoms with Gasteiger partial charge in [0.05, 0.1) is 22.1 Å². The third kappa shape index (κ3) is 2.94. The molecule has 3 rings (SSSR count). The monoisotopic (exact) mass is 343 g/mol. The van der Waals surface area contributed by atoms with Crippen molar-refractivity contribution in [3.8, 4) is 11.8 Å². The average Bonchev–Trinajstić information content (AvgIpc) is 2.87. The molecular weight excluding hydrogens is 333 g/mol. The summed E-state index contributed by atoms with van der Waals surface area (Å²) in [5.74, 6) is -0.643. The van der Waals surface area contributed by atoms with Crippen molar-refractivity contribution in [3.05, 3.63) is 58.8 Å². The zero-order valence-electron chi connectivity index (χ0n) is 12.6. The Labute approximate surface area is 141 Å². The van der Waals surface area contributed by atoms with Crippen LogP contribution in [0.1, 0.15) is 18.2 Å². The number of ether oxygens (including phenoxy) is 1. The number of carbonyl (C=O) groups excluding carboxylic acids is 1. The Morgan fingerprint density at radius 2 is 2.12 bits per heavy atom. The zero-order valence-corrected chi connectivity index (χ0v) is 13.3. The SMILES string of the molecule is CC(=O)Oc1cnc(C#N)c2c1c(Cl)cn2Cc1ccc(F)cc1. The Hall–Kier alpha value is -2.91. The first-order valence-electron chi connectivity index (χ1n) is 7.00. The number of rotatable bonds is 3. The van der Waals surface area contributed by atoms with Gasteiger partial charge in [-0.1, -0.05) is 23.7 Å². The van der Waals surface area contributed by atoms with Gasteiger partial charge >= 0.3 is 5.97 Å². The van der Waals surface area contributed by atoms with E-state index in [1.165, 1.54) is 25.3 Å². The number of hydrogen-bond acceptors (Lipinski definition) is 4. The van der Waals surface area contributed by atoms with Crippen LogP contribution in [0.2, 0.25) is 5.02 Å². The quantitative estimate of drug-likeness (QED) is 0.680. The molecular formula is C17H11ClFN3O2. The van der Waals surface area contributed by atoms with E-state index in [4.69, 9.17) is 16.3 Å². The maximum atomic E-state index is 13.0. The highest BCUT2D eigenvalue weighted by atomic mass is 35.5. The summed E-state index contributed by atoms with van der Waals surface area (Å²) in [7, 11) is 0. The van der Waals surface area contributed by atoms with Gasteiger partial charge in [0.1, 0.15) is 11.9 Å². The Morgan fingerprint density at radius 3 is 2.75 bits per heavy atom. The molecule has 0 N–H and O–H groups in total. The maximum absolute atomic E-state index is 13.0. The number of hydrogen-bond donors (Lipinski definition) is 0. The molecule has 0 bridgehead atoms. The van der Waals surface area contributed by atoms with Crippen molar-refractivity contribution in [1.82, 2.24) is 9.55 Å². The van der Waals surface area contributed by atoms with Crippen molar-refractivity contribution in [3.63, 3.8) is 0 Å². The Balaban J connectivity index is 2.16. The predicted molar refractivity (Wildman–Crippen MR) is 86.3 cm³/mol. The molecule has 0 amide bonds. The lowest BCUT2D eigenvalue weighted by Crippen LogP contribution is -2.04. The highest BCUT2D eigenvalue weighted by Gasteiger charge is 2.18. The molecule has 120 valence electrons. The van der Waals surface area contributed by atoms with Gasteiger partial charge in [0.25, 0.3) is 0 Å². The fourth-order valence-corrected chi connectivity index (χ4v) is 2.79. The van der Waals surface area contributed by atoms with Gasteiger partial charge in [0.15, 0.2) is 11.4 Å². The summed E-state index contributed by atoms with van der Waals surface area (Å²) in [5, 5.41) is 10.1. The largest absolute Gasteiger partial charge is 0.424 e. The van der Waals surface area contributed by atoms with Gasteiger partial charge in [-0.2, -0.15) is 5.26 Å². The van der Waals surface area contributed by atoms with E-state index in [2.05, 4.69) is 4.98 Å². The number of halogens is 2. The summed E-state index contributed by atoms with van der Waals surface area (Å²) >= 11 is 6.28. The van der Waals surface area contributed by atoms with Crippen LogP contribution in [-0.4, -0.2) is 15.5 Å². The van der Waals surface area contributed by atoms with E-state index in [1.54, 1.807) is 22.9 Å². The molecule has 3 aromatic rings. The molecule has 0 saturated heterocycles. The van der Waals surface area contributed by atoms with Crippen LogP contribution in [0.25, 0.3) is 10.9 Å². The lowest BCUT2D eigenvalue weighted by molar-refractivity contribution is -0.131. The van der Waals surface area contributed by atoms with Gasteiger partial charge in [-0.3, -0.25) is 4.79 Å². The molecule has 7 heteroatoms. The van der Waals surface area contributed by atoms with Gasteiger partial charge in [-0.25, -0.2) is 9.37 Å². The predicted octanol–water partition coefficient (Wildman–Crippen LogP) is 3.67. The number of nitriles is 1. The molecule has 5 nitrogen and oxygen atoms in total. The maximum Gasteiger partial charge on any atom is 0.308 e. The van der Waals surface area contributed by atoms with Crippen molar-refractivity contribution < 1.29 is 13.9 Å². The van der Waals surface area contributed by atoms with Crippen LogP contribution < -0.4 is 4.74 Å². The van der Waals surface area contributed by atoms with Gasteiger partial charge in [0, 0.05) is 19.7 Å². The number of esters is 1. The minimum Gasteiger partial charge on any atom is -0.424 e. The van der Waals surface area contributed by atoms with Crippen molar-refractivity contribution in [1.29, 1.82) is 5.26 Å². The third-order valence-electron chi connectivity index (χ3n) is 3.44. The zero-order chi connectivity index (χ0) is 17.3. The Morgan fingerprint density at radius 1 is 1.42 bits per heavy atom. The summed E-state index contributed by atoms with van der Waals surface area (Å²) in [6.45, 7) is 1.64. The highest BCUT2D eigenvalue weighted by Crippen LogP contribution is 2.35. The summed E-state index contributed by atoms with van der Waals surface area (Å²) in [6.07, 6.45) is 2.93. The second kappa shape index (κ2) is 6.30. The molecule has 0 fully saturated rings. The van der Waals surface area contributed by atoms with Crippen LogP contribution in [0.4, 0.5) is 4.39 Å². The van der Waals surface area contributed by atoms with E-state index < -0.39 is 5.97 Å². The van der Waals surface area contributed by atoms with E-state index in [1.807, 2.05) is 6.07 Å². The smallest absolute Gasteiger partial charge is 0.308 e. The minimum atomic E-state index is -0.509. The molecule has 0 radical (unpaired) electrons. The Kier molecular flexibility index (Phi) is 4.19. The fraction of sp³-hybridized carbons (Fsp3) is 0.118. The average molecular weight is 344 g/mol. The van der Waals surface area contributed by atoms with Gasteiger partial charge in [-0.05, 0) is 17.7 Å². The lowest BCUT2D eigenvalue weighted by Gasteiger charge is -2.08. The summed E-state index contributed by atoms with van der Waals surface area (Å²) in [6, 6.07) is 8.01. The second-order valence-electron chi connectivity index (χ2n) is 5.13. The molecule has 0 aliphatic heterocycles. The van der Waals surface area contributed by atoms with Crippen LogP contribution in [0.15, 0.2) is 36.7 Å². The first-order valence-corrected chi connectivity index (χ1v) is 7.37. The molecule has 0 unspecified atom stereocenters. The first kappa shape index (κ1) is 16.0. The van der Waals surface area contributed by atoms with Crippen molar-refractivity contribution in [2.45, 2.75) is 13.5 Å². The van der Waals surface area contributed by atoms with Crippen LogP contribution >= 0.6 is 11.6 Å². The van der Waals surface area contributed by atoms with Crippen LogP contribution in [0.5, 0.6) is 5.75 Å². The van der Waals surface area contributed by atoms with E-state index >= 15 is 0 Å². The number of carbonyl (C=O) groups is 1. The number of fused-ring (bicyclic) bond motifs is 1. The summed E-state index contributed by atoms with van der Waals surface area (Å²) in [5.41, 5.74) is 1.45. The molecule has 0 saturated carbocycles. The Bertz CT molecular complexity index is 974. The topological polar surface area (TPSA) is 67.9 Å². The van der Waals surface area contributed by atoms with Gasteiger partial charge < -0.3 is 9.30 Å². The standard InChI is InChI=1S/C17H11ClFN3O2/c1-10(23)24-15-7-21-14(6-20)17-16(15)13(18)9-22(17)8-11-2-4-12(19)5-3-11/h2-5,7,9H,8H2,1H3. The molecule has 0 aliphatic carbocycles. The highest BCUT2D eigenvalue weighted by molar-refractivity contribution is 6.36.